The maximum Gasteiger partial charge on any atom is 0.334 e. The first-order valence-electron chi connectivity index (χ1n) is 9.02. The molecule has 0 radical (unpaired) electrons. The van der Waals surface area contributed by atoms with Crippen molar-refractivity contribution in [2.45, 2.75) is 70.7 Å². The van der Waals surface area contributed by atoms with Crippen molar-refractivity contribution < 1.29 is 29.0 Å². The zero-order chi connectivity index (χ0) is 19.1. The van der Waals surface area contributed by atoms with E-state index in [1.54, 1.807) is 25.5 Å². The van der Waals surface area contributed by atoms with Gasteiger partial charge in [0.2, 0.25) is 0 Å². The summed E-state index contributed by atoms with van der Waals surface area (Å²) in [6.45, 7) is 5.09. The minimum atomic E-state index is -1.48. The third-order valence-corrected chi connectivity index (χ3v) is 6.34. The molecule has 0 aromatic carbocycles. The summed E-state index contributed by atoms with van der Waals surface area (Å²) in [6, 6.07) is 1.77. The predicted octanol–water partition coefficient (Wildman–Crippen LogP) is 2.85. The molecule has 1 aromatic heterocycles. The Bertz CT molecular complexity index is 729. The van der Waals surface area contributed by atoms with E-state index >= 15 is 0 Å². The van der Waals surface area contributed by atoms with E-state index in [1.165, 1.54) is 6.92 Å². The van der Waals surface area contributed by atoms with Gasteiger partial charge in [-0.3, -0.25) is 4.79 Å². The largest absolute Gasteiger partial charge is 0.472 e. The Morgan fingerprint density at radius 3 is 2.73 bits per heavy atom. The fourth-order valence-electron chi connectivity index (χ4n) is 3.96. The van der Waals surface area contributed by atoms with E-state index in [2.05, 4.69) is 0 Å². The van der Waals surface area contributed by atoms with Gasteiger partial charge in [0.05, 0.1) is 29.6 Å². The molecule has 1 saturated heterocycles. The van der Waals surface area contributed by atoms with Crippen molar-refractivity contribution in [3.05, 3.63) is 35.3 Å². The number of furan rings is 1. The molecule has 142 valence electrons. The third-order valence-electron chi connectivity index (χ3n) is 6.34. The van der Waals surface area contributed by atoms with Gasteiger partial charge in [-0.2, -0.15) is 0 Å². The molecule has 1 aliphatic carbocycles. The van der Waals surface area contributed by atoms with Gasteiger partial charge < -0.3 is 19.4 Å². The minimum absolute atomic E-state index is 0.0455. The first-order chi connectivity index (χ1) is 12.2. The van der Waals surface area contributed by atoms with Gasteiger partial charge in [0.15, 0.2) is 0 Å². The van der Waals surface area contributed by atoms with Crippen LogP contribution >= 0.6 is 0 Å². The highest BCUT2D eigenvalue weighted by Crippen LogP contribution is 2.46. The highest BCUT2D eigenvalue weighted by molar-refractivity contribution is 5.91. The van der Waals surface area contributed by atoms with Gasteiger partial charge >= 0.3 is 5.97 Å². The van der Waals surface area contributed by atoms with Gasteiger partial charge in [-0.1, -0.05) is 5.57 Å². The molecule has 6 heteroatoms. The second-order valence-electron chi connectivity index (χ2n) is 7.87. The van der Waals surface area contributed by atoms with Crippen molar-refractivity contribution in [3.63, 3.8) is 0 Å². The molecule has 2 N–H and O–H groups in total. The van der Waals surface area contributed by atoms with Gasteiger partial charge in [0, 0.05) is 24.0 Å². The summed E-state index contributed by atoms with van der Waals surface area (Å²) in [5.74, 6) is -0.392. The Morgan fingerprint density at radius 1 is 1.35 bits per heavy atom. The lowest BCUT2D eigenvalue weighted by Gasteiger charge is -2.48. The summed E-state index contributed by atoms with van der Waals surface area (Å²) in [6.07, 6.45) is 3.69. The van der Waals surface area contributed by atoms with E-state index < -0.39 is 17.1 Å². The van der Waals surface area contributed by atoms with Crippen LogP contribution in [-0.4, -0.2) is 33.7 Å². The fourth-order valence-corrected chi connectivity index (χ4v) is 3.96. The number of ether oxygens (including phenoxy) is 1. The molecule has 2 fully saturated rings. The molecule has 26 heavy (non-hydrogen) atoms. The first kappa shape index (κ1) is 18.9. The van der Waals surface area contributed by atoms with Gasteiger partial charge in [-0.15, -0.1) is 0 Å². The number of Topliss-reactive ketones (excluding diaryl/α,β-unsaturated/α-hetero) is 1. The fraction of sp³-hybridized carbons (Fsp3) is 0.600. The summed E-state index contributed by atoms with van der Waals surface area (Å²) in [5.41, 5.74) is -0.238. The molecular formula is C20H26O6. The van der Waals surface area contributed by atoms with Crippen LogP contribution in [0.3, 0.4) is 0 Å². The quantitative estimate of drug-likeness (QED) is 0.631. The zero-order valence-electron chi connectivity index (χ0n) is 15.4. The third kappa shape index (κ3) is 3.01. The van der Waals surface area contributed by atoms with Crippen LogP contribution in [0.25, 0.3) is 0 Å². The Labute approximate surface area is 152 Å². The second-order valence-corrected chi connectivity index (χ2v) is 7.87. The van der Waals surface area contributed by atoms with Crippen LogP contribution in [0.15, 0.2) is 34.2 Å². The van der Waals surface area contributed by atoms with Crippen LogP contribution in [-0.2, 0) is 14.3 Å². The monoisotopic (exact) mass is 362 g/mol. The Balaban J connectivity index is 1.75. The molecule has 2 aliphatic rings. The van der Waals surface area contributed by atoms with E-state index in [-0.39, 0.29) is 30.7 Å². The number of aliphatic hydroxyl groups is 2. The lowest BCUT2D eigenvalue weighted by Crippen LogP contribution is -2.59. The molecule has 4 atom stereocenters. The topological polar surface area (TPSA) is 97.0 Å². The molecule has 0 amide bonds. The average Bonchev–Trinajstić information content (AvgIpc) is 3.24. The Hall–Kier alpha value is -1.92. The summed E-state index contributed by atoms with van der Waals surface area (Å²) in [5, 5.41) is 20.9. The number of esters is 1. The number of hydrogen-bond donors (Lipinski definition) is 2. The van der Waals surface area contributed by atoms with Gasteiger partial charge in [0.1, 0.15) is 11.9 Å². The number of aliphatic hydroxyl groups excluding tert-OH is 1. The SMILES string of the molecule is C/C(CC[C@@]1(C)C(=O)CC[C@@H](O)[C@]1(C)O)=C1/C[C@H](c2ccoc2)OC1=O. The van der Waals surface area contributed by atoms with Crippen molar-refractivity contribution in [2.75, 3.05) is 0 Å². The lowest BCUT2D eigenvalue weighted by atomic mass is 9.60. The van der Waals surface area contributed by atoms with E-state index in [0.29, 0.717) is 24.8 Å². The van der Waals surface area contributed by atoms with Gasteiger partial charge in [0.25, 0.3) is 0 Å². The molecule has 1 aromatic rings. The highest BCUT2D eigenvalue weighted by atomic mass is 16.5. The lowest BCUT2D eigenvalue weighted by molar-refractivity contribution is -0.180. The smallest absolute Gasteiger partial charge is 0.334 e. The molecule has 0 bridgehead atoms. The number of carbonyl (C=O) groups excluding carboxylic acids is 2. The van der Waals surface area contributed by atoms with Crippen molar-refractivity contribution in [1.82, 2.24) is 0 Å². The molecular weight excluding hydrogens is 336 g/mol. The number of ketones is 1. The van der Waals surface area contributed by atoms with Crippen molar-refractivity contribution >= 4 is 11.8 Å². The molecule has 0 unspecified atom stereocenters. The van der Waals surface area contributed by atoms with Crippen LogP contribution in [0, 0.1) is 5.41 Å². The Kier molecular flexibility index (Phi) is 4.84. The molecule has 0 spiro atoms. The normalized spacial score (nSPS) is 37.0. The van der Waals surface area contributed by atoms with E-state index in [1.807, 2.05) is 6.92 Å². The molecule has 1 aliphatic heterocycles. The summed E-state index contributed by atoms with van der Waals surface area (Å²) in [7, 11) is 0. The predicted molar refractivity (Wildman–Crippen MR) is 93.1 cm³/mol. The summed E-state index contributed by atoms with van der Waals surface area (Å²) >= 11 is 0. The summed E-state index contributed by atoms with van der Waals surface area (Å²) in [4.78, 5) is 24.7. The number of hydrogen-bond acceptors (Lipinski definition) is 6. The number of carbonyl (C=O) groups is 2. The van der Waals surface area contributed by atoms with Crippen LogP contribution in [0.4, 0.5) is 0 Å². The van der Waals surface area contributed by atoms with Crippen LogP contribution in [0.2, 0.25) is 0 Å². The van der Waals surface area contributed by atoms with Crippen LogP contribution in [0.5, 0.6) is 0 Å². The van der Waals surface area contributed by atoms with Crippen molar-refractivity contribution in [3.8, 4) is 0 Å². The van der Waals surface area contributed by atoms with Gasteiger partial charge in [-0.25, -0.2) is 4.79 Å². The average molecular weight is 362 g/mol. The molecule has 1 saturated carbocycles. The number of cyclic esters (lactones) is 1. The van der Waals surface area contributed by atoms with Crippen LogP contribution < -0.4 is 0 Å². The van der Waals surface area contributed by atoms with Crippen molar-refractivity contribution in [2.24, 2.45) is 5.41 Å². The van der Waals surface area contributed by atoms with Gasteiger partial charge in [-0.05, 0) is 46.1 Å². The van der Waals surface area contributed by atoms with E-state index in [4.69, 9.17) is 9.15 Å². The number of allylic oxidation sites excluding steroid dienone is 1. The summed E-state index contributed by atoms with van der Waals surface area (Å²) < 4.78 is 10.5. The van der Waals surface area contributed by atoms with E-state index in [0.717, 1.165) is 11.1 Å². The maximum atomic E-state index is 12.5. The standard InChI is InChI=1S/C20H26O6/c1-12(14-10-15(26-18(14)23)13-7-9-25-11-13)6-8-19(2)16(21)4-5-17(22)20(19,3)24/h7,9,11,15,17,22,24H,4-6,8,10H2,1-3H3/b14-12+/t15-,17-,19+,20+/m1/s1. The van der Waals surface area contributed by atoms with E-state index in [9.17, 15) is 19.8 Å². The highest BCUT2D eigenvalue weighted by Gasteiger charge is 2.55. The molecule has 6 nitrogen and oxygen atoms in total. The van der Waals surface area contributed by atoms with Crippen LogP contribution in [0.1, 0.15) is 64.5 Å². The Morgan fingerprint density at radius 2 is 2.08 bits per heavy atom. The maximum absolute atomic E-state index is 12.5. The second kappa shape index (κ2) is 6.67. The number of rotatable bonds is 4. The molecule has 2 heterocycles. The molecule has 3 rings (SSSR count). The zero-order valence-corrected chi connectivity index (χ0v) is 15.4. The minimum Gasteiger partial charge on any atom is -0.472 e. The van der Waals surface area contributed by atoms with Crippen molar-refractivity contribution in [1.29, 1.82) is 0 Å². The first-order valence-corrected chi connectivity index (χ1v) is 9.02.